The van der Waals surface area contributed by atoms with Crippen molar-refractivity contribution >= 4 is 5.97 Å². The Hall–Kier alpha value is -1.51. The standard InChI is InChI=1S/C19H28O3/c1-12-11-19(12,5)15-10-13(7-8-16(20)22-6)9-14(17(15)21)18(2,3)4/h9-10,12,21H,7-8,11H2,1-6H3. The van der Waals surface area contributed by atoms with E-state index in [4.69, 9.17) is 4.74 Å². The van der Waals surface area contributed by atoms with Gasteiger partial charge in [-0.05, 0) is 40.7 Å². The molecule has 1 saturated carbocycles. The summed E-state index contributed by atoms with van der Waals surface area (Å²) in [5.41, 5.74) is 3.03. The summed E-state index contributed by atoms with van der Waals surface area (Å²) in [6.45, 7) is 10.7. The molecule has 0 radical (unpaired) electrons. The third-order valence-electron chi connectivity index (χ3n) is 5.10. The molecule has 3 heteroatoms. The van der Waals surface area contributed by atoms with Crippen molar-refractivity contribution in [3.8, 4) is 5.75 Å². The summed E-state index contributed by atoms with van der Waals surface area (Å²) in [5.74, 6) is 0.821. The molecule has 0 saturated heterocycles. The Labute approximate surface area is 133 Å². The molecule has 0 amide bonds. The van der Waals surface area contributed by atoms with Crippen LogP contribution in [0.15, 0.2) is 12.1 Å². The molecule has 2 atom stereocenters. The molecule has 2 rings (SSSR count). The topological polar surface area (TPSA) is 46.5 Å². The van der Waals surface area contributed by atoms with Gasteiger partial charge in [-0.15, -0.1) is 0 Å². The van der Waals surface area contributed by atoms with Gasteiger partial charge in [0.15, 0.2) is 0 Å². The normalized spacial score (nSPS) is 24.2. The van der Waals surface area contributed by atoms with Gasteiger partial charge in [0.2, 0.25) is 0 Å². The number of carbonyl (C=O) groups excluding carboxylic acids is 1. The lowest BCUT2D eigenvalue weighted by molar-refractivity contribution is -0.140. The molecule has 1 aromatic carbocycles. The van der Waals surface area contributed by atoms with Gasteiger partial charge in [0.05, 0.1) is 7.11 Å². The van der Waals surface area contributed by atoms with Crippen molar-refractivity contribution in [2.75, 3.05) is 7.11 Å². The number of aryl methyl sites for hydroxylation is 1. The highest BCUT2D eigenvalue weighted by atomic mass is 16.5. The minimum absolute atomic E-state index is 0.0609. The highest BCUT2D eigenvalue weighted by molar-refractivity contribution is 5.69. The molecule has 0 bridgehead atoms. The second-order valence-corrected chi connectivity index (χ2v) is 7.89. The molecule has 0 aromatic heterocycles. The van der Waals surface area contributed by atoms with E-state index >= 15 is 0 Å². The number of aromatic hydroxyl groups is 1. The first kappa shape index (κ1) is 16.9. The largest absolute Gasteiger partial charge is 0.507 e. The van der Waals surface area contributed by atoms with Crippen molar-refractivity contribution in [1.29, 1.82) is 0 Å². The molecule has 1 N–H and O–H groups in total. The first-order valence-corrected chi connectivity index (χ1v) is 8.03. The summed E-state index contributed by atoms with van der Waals surface area (Å²) in [6, 6.07) is 4.12. The smallest absolute Gasteiger partial charge is 0.305 e. The monoisotopic (exact) mass is 304 g/mol. The number of benzene rings is 1. The zero-order valence-corrected chi connectivity index (χ0v) is 14.6. The summed E-state index contributed by atoms with van der Waals surface area (Å²) in [6.07, 6.45) is 2.12. The van der Waals surface area contributed by atoms with Crippen LogP contribution in [0.5, 0.6) is 5.75 Å². The molecule has 122 valence electrons. The average Bonchev–Trinajstić information content (AvgIpc) is 3.04. The highest BCUT2D eigenvalue weighted by Gasteiger charge is 2.50. The molecule has 3 nitrogen and oxygen atoms in total. The Morgan fingerprint density at radius 3 is 2.45 bits per heavy atom. The van der Waals surface area contributed by atoms with Gasteiger partial charge < -0.3 is 9.84 Å². The fourth-order valence-electron chi connectivity index (χ4n) is 3.15. The van der Waals surface area contributed by atoms with Crippen LogP contribution in [-0.4, -0.2) is 18.2 Å². The van der Waals surface area contributed by atoms with Crippen molar-refractivity contribution in [2.45, 2.75) is 64.7 Å². The van der Waals surface area contributed by atoms with Gasteiger partial charge in [-0.25, -0.2) is 0 Å². The Kier molecular flexibility index (Phi) is 4.29. The Balaban J connectivity index is 2.43. The number of hydrogen-bond donors (Lipinski definition) is 1. The molecular formula is C19H28O3. The first-order valence-electron chi connectivity index (χ1n) is 8.03. The second kappa shape index (κ2) is 5.60. The molecule has 0 spiro atoms. The van der Waals surface area contributed by atoms with Gasteiger partial charge in [-0.3, -0.25) is 4.79 Å². The minimum Gasteiger partial charge on any atom is -0.507 e. The number of ether oxygens (including phenoxy) is 1. The van der Waals surface area contributed by atoms with Gasteiger partial charge >= 0.3 is 5.97 Å². The van der Waals surface area contributed by atoms with E-state index in [1.165, 1.54) is 7.11 Å². The van der Waals surface area contributed by atoms with E-state index in [-0.39, 0.29) is 16.8 Å². The van der Waals surface area contributed by atoms with E-state index in [2.05, 4.69) is 40.7 Å². The van der Waals surface area contributed by atoms with Gasteiger partial charge in [-0.1, -0.05) is 46.8 Å². The van der Waals surface area contributed by atoms with Crippen LogP contribution in [0.4, 0.5) is 0 Å². The van der Waals surface area contributed by atoms with Crippen LogP contribution in [0.2, 0.25) is 0 Å². The van der Waals surface area contributed by atoms with E-state index in [1.54, 1.807) is 0 Å². The Morgan fingerprint density at radius 2 is 2.00 bits per heavy atom. The van der Waals surface area contributed by atoms with E-state index in [9.17, 15) is 9.90 Å². The summed E-state index contributed by atoms with van der Waals surface area (Å²) in [7, 11) is 1.41. The molecule has 0 aliphatic heterocycles. The van der Waals surface area contributed by atoms with Crippen LogP contribution in [0.25, 0.3) is 0 Å². The summed E-state index contributed by atoms with van der Waals surface area (Å²) in [4.78, 5) is 11.4. The fraction of sp³-hybridized carbons (Fsp3) is 0.632. The summed E-state index contributed by atoms with van der Waals surface area (Å²) in [5, 5.41) is 10.8. The van der Waals surface area contributed by atoms with E-state index in [0.29, 0.717) is 24.5 Å². The average molecular weight is 304 g/mol. The van der Waals surface area contributed by atoms with Crippen LogP contribution in [-0.2, 0) is 26.8 Å². The van der Waals surface area contributed by atoms with Gasteiger partial charge in [0.1, 0.15) is 5.75 Å². The van der Waals surface area contributed by atoms with E-state index in [0.717, 1.165) is 23.1 Å². The number of esters is 1. The molecular weight excluding hydrogens is 276 g/mol. The van der Waals surface area contributed by atoms with E-state index < -0.39 is 0 Å². The van der Waals surface area contributed by atoms with Crippen LogP contribution in [0, 0.1) is 5.92 Å². The van der Waals surface area contributed by atoms with Crippen LogP contribution >= 0.6 is 0 Å². The molecule has 0 heterocycles. The maximum atomic E-state index is 11.4. The Bertz CT molecular complexity index is 583. The Morgan fingerprint density at radius 1 is 1.41 bits per heavy atom. The predicted octanol–water partition coefficient (Wildman–Crippen LogP) is 4.09. The lowest BCUT2D eigenvalue weighted by Gasteiger charge is -2.25. The number of carbonyl (C=O) groups is 1. The molecule has 1 fully saturated rings. The maximum Gasteiger partial charge on any atom is 0.305 e. The number of phenols is 1. The zero-order valence-electron chi connectivity index (χ0n) is 14.6. The third kappa shape index (κ3) is 3.13. The molecule has 1 aliphatic rings. The van der Waals surface area contributed by atoms with Gasteiger partial charge in [0, 0.05) is 12.0 Å². The summed E-state index contributed by atoms with van der Waals surface area (Å²) < 4.78 is 4.73. The van der Waals surface area contributed by atoms with Crippen molar-refractivity contribution < 1.29 is 14.6 Å². The fourth-order valence-corrected chi connectivity index (χ4v) is 3.15. The number of hydrogen-bond acceptors (Lipinski definition) is 3. The minimum atomic E-state index is -0.196. The van der Waals surface area contributed by atoms with Crippen LogP contribution in [0.3, 0.4) is 0 Å². The van der Waals surface area contributed by atoms with Crippen molar-refractivity contribution in [1.82, 2.24) is 0 Å². The second-order valence-electron chi connectivity index (χ2n) is 7.89. The van der Waals surface area contributed by atoms with Crippen molar-refractivity contribution in [3.63, 3.8) is 0 Å². The van der Waals surface area contributed by atoms with E-state index in [1.807, 2.05) is 6.07 Å². The lowest BCUT2D eigenvalue weighted by Crippen LogP contribution is -2.15. The number of phenolic OH excluding ortho intramolecular Hbond substituents is 1. The maximum absolute atomic E-state index is 11.4. The molecule has 22 heavy (non-hydrogen) atoms. The van der Waals surface area contributed by atoms with Gasteiger partial charge in [-0.2, -0.15) is 0 Å². The van der Waals surface area contributed by atoms with Crippen molar-refractivity contribution in [2.24, 2.45) is 5.92 Å². The summed E-state index contributed by atoms with van der Waals surface area (Å²) >= 11 is 0. The lowest BCUT2D eigenvalue weighted by atomic mass is 9.80. The highest BCUT2D eigenvalue weighted by Crippen LogP contribution is 2.57. The van der Waals surface area contributed by atoms with Crippen LogP contribution < -0.4 is 0 Å². The number of rotatable bonds is 4. The zero-order chi connectivity index (χ0) is 16.7. The third-order valence-corrected chi connectivity index (χ3v) is 5.10. The molecule has 2 unspecified atom stereocenters. The first-order chi connectivity index (χ1) is 10.1. The van der Waals surface area contributed by atoms with Gasteiger partial charge in [0.25, 0.3) is 0 Å². The number of methoxy groups -OCH3 is 1. The molecule has 1 aliphatic carbocycles. The quantitative estimate of drug-likeness (QED) is 0.852. The molecule has 1 aromatic rings. The van der Waals surface area contributed by atoms with Crippen molar-refractivity contribution in [3.05, 3.63) is 28.8 Å². The van der Waals surface area contributed by atoms with Crippen LogP contribution in [0.1, 0.15) is 64.2 Å². The SMILES string of the molecule is COC(=O)CCc1cc(C(C)(C)C)c(O)c(C2(C)CC2C)c1. The predicted molar refractivity (Wildman–Crippen MR) is 88.3 cm³/mol.